The molecule has 1 aliphatic rings. The summed E-state index contributed by atoms with van der Waals surface area (Å²) in [6, 6.07) is 7.58. The van der Waals surface area contributed by atoms with Crippen molar-refractivity contribution in [3.63, 3.8) is 0 Å². The third-order valence-corrected chi connectivity index (χ3v) is 3.60. The minimum atomic E-state index is -0.742. The average Bonchev–Trinajstić information content (AvgIpc) is 2.87. The molecule has 2 heterocycles. The fraction of sp³-hybridized carbons (Fsp3) is 0.462. The van der Waals surface area contributed by atoms with Gasteiger partial charge in [0.25, 0.3) is 0 Å². The number of aliphatic hydroxyl groups is 2. The Balaban J connectivity index is 1.80. The van der Waals surface area contributed by atoms with Crippen LogP contribution < -0.4 is 5.32 Å². The molecular weight excluding hydrogens is 230 g/mol. The van der Waals surface area contributed by atoms with E-state index in [0.717, 1.165) is 16.9 Å². The van der Waals surface area contributed by atoms with E-state index in [2.05, 4.69) is 15.3 Å². The van der Waals surface area contributed by atoms with E-state index in [4.69, 9.17) is 0 Å². The van der Waals surface area contributed by atoms with Crippen molar-refractivity contribution in [2.24, 2.45) is 0 Å². The minimum Gasteiger partial charge on any atom is -0.389 e. The topological polar surface area (TPSA) is 81.2 Å². The highest BCUT2D eigenvalue weighted by Crippen LogP contribution is 2.18. The first kappa shape index (κ1) is 11.6. The highest BCUT2D eigenvalue weighted by Gasteiger charge is 2.38. The molecule has 5 heteroatoms. The summed E-state index contributed by atoms with van der Waals surface area (Å²) < 4.78 is 0. The van der Waals surface area contributed by atoms with Gasteiger partial charge in [-0.15, -0.1) is 0 Å². The van der Waals surface area contributed by atoms with Gasteiger partial charge in [0.1, 0.15) is 5.82 Å². The zero-order valence-corrected chi connectivity index (χ0v) is 10.2. The molecule has 1 fully saturated rings. The van der Waals surface area contributed by atoms with Gasteiger partial charge >= 0.3 is 0 Å². The average molecular weight is 247 g/mol. The molecule has 0 radical (unpaired) electrons. The van der Waals surface area contributed by atoms with E-state index < -0.39 is 12.2 Å². The summed E-state index contributed by atoms with van der Waals surface area (Å²) in [6.07, 6.45) is -0.871. The lowest BCUT2D eigenvalue weighted by Crippen LogP contribution is -2.35. The molecule has 3 rings (SSSR count). The normalized spacial score (nSPS) is 32.2. The Morgan fingerprint density at radius 2 is 2.00 bits per heavy atom. The number of imidazole rings is 1. The number of H-pyrrole nitrogens is 1. The SMILES string of the molecule is C[C@@H]1N[C@H](Cc2nc3ccccc3[nH]2)[C@H](O)[C@@H]1O. The van der Waals surface area contributed by atoms with E-state index in [1.165, 1.54) is 0 Å². The largest absolute Gasteiger partial charge is 0.389 e. The fourth-order valence-electron chi connectivity index (χ4n) is 2.56. The summed E-state index contributed by atoms with van der Waals surface area (Å²) in [5.41, 5.74) is 1.92. The van der Waals surface area contributed by atoms with Gasteiger partial charge in [-0.1, -0.05) is 12.1 Å². The van der Waals surface area contributed by atoms with E-state index in [9.17, 15) is 10.2 Å². The third-order valence-electron chi connectivity index (χ3n) is 3.60. The van der Waals surface area contributed by atoms with Gasteiger partial charge in [-0.3, -0.25) is 0 Å². The van der Waals surface area contributed by atoms with Crippen LogP contribution in [0.15, 0.2) is 24.3 Å². The lowest BCUT2D eigenvalue weighted by Gasteiger charge is -2.14. The maximum Gasteiger partial charge on any atom is 0.108 e. The number of para-hydroxylation sites is 2. The van der Waals surface area contributed by atoms with E-state index in [0.29, 0.717) is 6.42 Å². The van der Waals surface area contributed by atoms with Crippen LogP contribution >= 0.6 is 0 Å². The van der Waals surface area contributed by atoms with Gasteiger partial charge in [0, 0.05) is 18.5 Å². The van der Waals surface area contributed by atoms with Crippen molar-refractivity contribution in [2.45, 2.75) is 37.6 Å². The minimum absolute atomic E-state index is 0.0885. The number of aliphatic hydroxyl groups excluding tert-OH is 2. The summed E-state index contributed by atoms with van der Waals surface area (Å²) >= 11 is 0. The highest BCUT2D eigenvalue weighted by atomic mass is 16.3. The van der Waals surface area contributed by atoms with Crippen molar-refractivity contribution in [3.05, 3.63) is 30.1 Å². The molecule has 0 saturated carbocycles. The van der Waals surface area contributed by atoms with Gasteiger partial charge in [0.2, 0.25) is 0 Å². The number of nitrogens with one attached hydrogen (secondary N) is 2. The standard InChI is InChI=1S/C13H17N3O2/c1-7-12(17)13(18)10(14-7)6-11-15-8-4-2-3-5-9(8)16-11/h2-5,7,10,12-14,17-18H,6H2,1H3,(H,15,16)/t7-,10+,12+,13-/m0/s1. The van der Waals surface area contributed by atoms with Gasteiger partial charge in [0.05, 0.1) is 23.2 Å². The van der Waals surface area contributed by atoms with Crippen LogP contribution in [0.4, 0.5) is 0 Å². The van der Waals surface area contributed by atoms with Gasteiger partial charge in [0.15, 0.2) is 0 Å². The first-order valence-electron chi connectivity index (χ1n) is 6.21. The van der Waals surface area contributed by atoms with Crippen LogP contribution in [0.1, 0.15) is 12.7 Å². The Hall–Kier alpha value is -1.43. The summed E-state index contributed by atoms with van der Waals surface area (Å²) in [5, 5.41) is 22.8. The van der Waals surface area contributed by atoms with Gasteiger partial charge in [-0.05, 0) is 19.1 Å². The molecule has 0 bridgehead atoms. The number of aromatic amines is 1. The van der Waals surface area contributed by atoms with Crippen molar-refractivity contribution < 1.29 is 10.2 Å². The number of benzene rings is 1. The quantitative estimate of drug-likeness (QED) is 0.610. The molecule has 5 nitrogen and oxygen atoms in total. The second kappa shape index (κ2) is 4.35. The lowest BCUT2D eigenvalue weighted by atomic mass is 10.1. The molecule has 4 atom stereocenters. The predicted molar refractivity (Wildman–Crippen MR) is 68.2 cm³/mol. The summed E-state index contributed by atoms with van der Waals surface area (Å²) in [7, 11) is 0. The molecule has 0 amide bonds. The molecule has 0 aliphatic carbocycles. The maximum atomic E-state index is 9.91. The number of hydrogen-bond donors (Lipinski definition) is 4. The Bertz CT molecular complexity index is 521. The third kappa shape index (κ3) is 1.90. The fourth-order valence-corrected chi connectivity index (χ4v) is 2.56. The van der Waals surface area contributed by atoms with Gasteiger partial charge in [-0.2, -0.15) is 0 Å². The molecule has 2 aromatic rings. The number of rotatable bonds is 2. The second-order valence-corrected chi connectivity index (χ2v) is 4.95. The molecule has 96 valence electrons. The van der Waals surface area contributed by atoms with Crippen LogP contribution in [0.3, 0.4) is 0 Å². The van der Waals surface area contributed by atoms with Gasteiger partial charge in [-0.25, -0.2) is 4.98 Å². The summed E-state index contributed by atoms with van der Waals surface area (Å²) in [4.78, 5) is 7.70. The van der Waals surface area contributed by atoms with Crippen molar-refractivity contribution in [3.8, 4) is 0 Å². The Labute approximate surface area is 105 Å². The molecule has 0 unspecified atom stereocenters. The molecule has 1 aromatic carbocycles. The Kier molecular flexibility index (Phi) is 2.81. The van der Waals surface area contributed by atoms with Crippen LogP contribution in [0.5, 0.6) is 0 Å². The van der Waals surface area contributed by atoms with Crippen LogP contribution in [-0.2, 0) is 6.42 Å². The summed E-state index contributed by atoms with van der Waals surface area (Å²) in [6.45, 7) is 1.87. The molecule has 0 spiro atoms. The monoisotopic (exact) mass is 247 g/mol. The number of nitrogens with zero attached hydrogens (tertiary/aromatic N) is 1. The van der Waals surface area contributed by atoms with E-state index in [1.807, 2.05) is 31.2 Å². The smallest absolute Gasteiger partial charge is 0.108 e. The first-order chi connectivity index (χ1) is 8.65. The maximum absolute atomic E-state index is 9.91. The number of aromatic nitrogens is 2. The van der Waals surface area contributed by atoms with E-state index >= 15 is 0 Å². The second-order valence-electron chi connectivity index (χ2n) is 4.95. The molecule has 1 aliphatic heterocycles. The molecule has 18 heavy (non-hydrogen) atoms. The number of hydrogen-bond acceptors (Lipinski definition) is 4. The van der Waals surface area contributed by atoms with E-state index in [-0.39, 0.29) is 12.1 Å². The van der Waals surface area contributed by atoms with Gasteiger partial charge < -0.3 is 20.5 Å². The van der Waals surface area contributed by atoms with Crippen LogP contribution in [-0.4, -0.2) is 44.5 Å². The van der Waals surface area contributed by atoms with Crippen molar-refractivity contribution in [1.82, 2.24) is 15.3 Å². The first-order valence-corrected chi connectivity index (χ1v) is 6.21. The highest BCUT2D eigenvalue weighted by molar-refractivity contribution is 5.74. The van der Waals surface area contributed by atoms with E-state index in [1.54, 1.807) is 0 Å². The van der Waals surface area contributed by atoms with Crippen LogP contribution in [0, 0.1) is 0 Å². The predicted octanol–water partition coefficient (Wildman–Crippen LogP) is 0.187. The number of fused-ring (bicyclic) bond motifs is 1. The van der Waals surface area contributed by atoms with Crippen molar-refractivity contribution >= 4 is 11.0 Å². The Morgan fingerprint density at radius 3 is 2.67 bits per heavy atom. The Morgan fingerprint density at radius 1 is 1.22 bits per heavy atom. The molecule has 1 aromatic heterocycles. The molecule has 4 N–H and O–H groups in total. The van der Waals surface area contributed by atoms with Crippen LogP contribution in [0.25, 0.3) is 11.0 Å². The van der Waals surface area contributed by atoms with Crippen LogP contribution in [0.2, 0.25) is 0 Å². The zero-order valence-electron chi connectivity index (χ0n) is 10.2. The summed E-state index contributed by atoms with van der Waals surface area (Å²) in [5.74, 6) is 0.828. The van der Waals surface area contributed by atoms with Crippen molar-refractivity contribution in [2.75, 3.05) is 0 Å². The molecular formula is C13H17N3O2. The lowest BCUT2D eigenvalue weighted by molar-refractivity contribution is 0.0302. The zero-order chi connectivity index (χ0) is 12.7. The molecule has 1 saturated heterocycles. The van der Waals surface area contributed by atoms with Crippen molar-refractivity contribution in [1.29, 1.82) is 0 Å².